The molecular formula is C19H28N2O2. The summed E-state index contributed by atoms with van der Waals surface area (Å²) in [5, 5.41) is 0. The van der Waals surface area contributed by atoms with Crippen molar-refractivity contribution in [2.24, 2.45) is 5.92 Å². The molecule has 23 heavy (non-hydrogen) atoms. The van der Waals surface area contributed by atoms with Gasteiger partial charge >= 0.3 is 0 Å². The number of hydrogen-bond donors (Lipinski definition) is 1. The first-order valence-electron chi connectivity index (χ1n) is 9.16. The SMILES string of the molecule is CC(=O)c1ccc(C(=O)N2CCCC2CCC2CCCCC2)[nH]1. The second-order valence-electron chi connectivity index (χ2n) is 7.22. The third kappa shape index (κ3) is 3.85. The predicted molar refractivity (Wildman–Crippen MR) is 90.7 cm³/mol. The standard InChI is InChI=1S/C19H28N2O2/c1-14(22)17-11-12-18(20-17)19(23)21-13-5-8-16(21)10-9-15-6-3-2-4-7-15/h11-12,15-16,20H,2-10,13H2,1H3. The molecule has 0 spiro atoms. The van der Waals surface area contributed by atoms with Gasteiger partial charge in [0.1, 0.15) is 5.69 Å². The molecule has 0 aromatic carbocycles. The van der Waals surface area contributed by atoms with Crippen molar-refractivity contribution in [1.29, 1.82) is 0 Å². The summed E-state index contributed by atoms with van der Waals surface area (Å²) < 4.78 is 0. The summed E-state index contributed by atoms with van der Waals surface area (Å²) in [5.41, 5.74) is 1.08. The predicted octanol–water partition coefficient (Wildman–Crippen LogP) is 4.18. The molecule has 1 aromatic heterocycles. The minimum Gasteiger partial charge on any atom is -0.348 e. The van der Waals surface area contributed by atoms with E-state index < -0.39 is 0 Å². The average Bonchev–Trinajstić information content (AvgIpc) is 3.22. The van der Waals surface area contributed by atoms with E-state index in [1.54, 1.807) is 12.1 Å². The van der Waals surface area contributed by atoms with E-state index in [1.807, 2.05) is 4.90 Å². The number of nitrogens with one attached hydrogen (secondary N) is 1. The van der Waals surface area contributed by atoms with Crippen LogP contribution in [0.4, 0.5) is 0 Å². The van der Waals surface area contributed by atoms with Crippen LogP contribution in [0.5, 0.6) is 0 Å². The molecule has 4 heteroatoms. The number of nitrogens with zero attached hydrogens (tertiary/aromatic N) is 1. The molecule has 1 aromatic rings. The summed E-state index contributed by atoms with van der Waals surface area (Å²) in [6, 6.07) is 3.84. The smallest absolute Gasteiger partial charge is 0.270 e. The summed E-state index contributed by atoms with van der Waals surface area (Å²) in [5.74, 6) is 0.902. The molecule has 1 aliphatic heterocycles. The number of ketones is 1. The molecule has 4 nitrogen and oxygen atoms in total. The summed E-state index contributed by atoms with van der Waals surface area (Å²) >= 11 is 0. The zero-order chi connectivity index (χ0) is 16.2. The minimum atomic E-state index is -0.0284. The first-order valence-corrected chi connectivity index (χ1v) is 9.16. The highest BCUT2D eigenvalue weighted by Crippen LogP contribution is 2.31. The Bertz CT molecular complexity index is 557. The van der Waals surface area contributed by atoms with Crippen LogP contribution in [-0.2, 0) is 0 Å². The fourth-order valence-corrected chi connectivity index (χ4v) is 4.19. The molecule has 0 bridgehead atoms. The van der Waals surface area contributed by atoms with Crippen LogP contribution >= 0.6 is 0 Å². The molecule has 3 rings (SSSR count). The van der Waals surface area contributed by atoms with Gasteiger partial charge in [0.15, 0.2) is 5.78 Å². The van der Waals surface area contributed by atoms with Crippen LogP contribution in [0, 0.1) is 5.92 Å². The van der Waals surface area contributed by atoms with Crippen molar-refractivity contribution in [2.45, 2.75) is 70.8 Å². The van der Waals surface area contributed by atoms with Crippen molar-refractivity contribution in [3.63, 3.8) is 0 Å². The summed E-state index contributed by atoms with van der Waals surface area (Å²) in [6.45, 7) is 2.37. The van der Waals surface area contributed by atoms with Crippen molar-refractivity contribution in [1.82, 2.24) is 9.88 Å². The van der Waals surface area contributed by atoms with Crippen LogP contribution in [0.1, 0.15) is 85.7 Å². The first kappa shape index (κ1) is 16.3. The van der Waals surface area contributed by atoms with Crippen molar-refractivity contribution >= 4 is 11.7 Å². The maximum absolute atomic E-state index is 12.7. The Morgan fingerprint density at radius 3 is 2.48 bits per heavy atom. The van der Waals surface area contributed by atoms with Gasteiger partial charge in [0.05, 0.1) is 5.69 Å². The molecule has 1 N–H and O–H groups in total. The fourth-order valence-electron chi connectivity index (χ4n) is 4.19. The van der Waals surface area contributed by atoms with Crippen LogP contribution < -0.4 is 0 Å². The molecule has 0 radical (unpaired) electrons. The van der Waals surface area contributed by atoms with Gasteiger partial charge in [-0.25, -0.2) is 0 Å². The number of aromatic amines is 1. The van der Waals surface area contributed by atoms with E-state index in [9.17, 15) is 9.59 Å². The molecule has 1 amide bonds. The summed E-state index contributed by atoms with van der Waals surface area (Å²) in [4.78, 5) is 29.1. The van der Waals surface area contributed by atoms with Crippen molar-refractivity contribution < 1.29 is 9.59 Å². The van der Waals surface area contributed by atoms with Gasteiger partial charge < -0.3 is 9.88 Å². The molecule has 1 aliphatic carbocycles. The van der Waals surface area contributed by atoms with Crippen LogP contribution in [-0.4, -0.2) is 34.2 Å². The average molecular weight is 316 g/mol. The largest absolute Gasteiger partial charge is 0.348 e. The van der Waals surface area contributed by atoms with Gasteiger partial charge in [-0.15, -0.1) is 0 Å². The zero-order valence-electron chi connectivity index (χ0n) is 14.1. The number of rotatable bonds is 5. The quantitative estimate of drug-likeness (QED) is 0.828. The van der Waals surface area contributed by atoms with Gasteiger partial charge in [-0.3, -0.25) is 9.59 Å². The molecule has 2 fully saturated rings. The van der Waals surface area contributed by atoms with E-state index in [0.717, 1.165) is 31.7 Å². The highest BCUT2D eigenvalue weighted by atomic mass is 16.2. The van der Waals surface area contributed by atoms with Crippen LogP contribution in [0.3, 0.4) is 0 Å². The molecule has 2 heterocycles. The summed E-state index contributed by atoms with van der Waals surface area (Å²) in [6.07, 6.45) is 11.5. The van der Waals surface area contributed by atoms with Gasteiger partial charge in [-0.1, -0.05) is 32.1 Å². The number of amides is 1. The number of aromatic nitrogens is 1. The maximum atomic E-state index is 12.7. The molecule has 126 valence electrons. The van der Waals surface area contributed by atoms with E-state index in [4.69, 9.17) is 0 Å². The van der Waals surface area contributed by atoms with E-state index in [1.165, 1.54) is 45.4 Å². The topological polar surface area (TPSA) is 53.2 Å². The van der Waals surface area contributed by atoms with Gasteiger partial charge in [0, 0.05) is 19.5 Å². The van der Waals surface area contributed by atoms with Crippen molar-refractivity contribution in [3.05, 3.63) is 23.5 Å². The number of carbonyl (C=O) groups excluding carboxylic acids is 2. The molecule has 1 saturated carbocycles. The van der Waals surface area contributed by atoms with Gasteiger partial charge in [-0.2, -0.15) is 0 Å². The molecule has 1 saturated heterocycles. The second-order valence-corrected chi connectivity index (χ2v) is 7.22. The number of H-pyrrole nitrogens is 1. The third-order valence-corrected chi connectivity index (χ3v) is 5.57. The Hall–Kier alpha value is -1.58. The first-order chi connectivity index (χ1) is 11.1. The Labute approximate surface area is 138 Å². The highest BCUT2D eigenvalue weighted by molar-refractivity contribution is 5.97. The lowest BCUT2D eigenvalue weighted by Crippen LogP contribution is -2.36. The maximum Gasteiger partial charge on any atom is 0.270 e. The number of carbonyl (C=O) groups is 2. The van der Waals surface area contributed by atoms with E-state index in [0.29, 0.717) is 17.4 Å². The van der Waals surface area contributed by atoms with E-state index >= 15 is 0 Å². The van der Waals surface area contributed by atoms with Gasteiger partial charge in [-0.05, 0) is 43.7 Å². The number of likely N-dealkylation sites (tertiary alicyclic amines) is 1. The third-order valence-electron chi connectivity index (χ3n) is 5.57. The molecular weight excluding hydrogens is 288 g/mol. The van der Waals surface area contributed by atoms with Crippen molar-refractivity contribution in [3.8, 4) is 0 Å². The van der Waals surface area contributed by atoms with Crippen LogP contribution in [0.25, 0.3) is 0 Å². The van der Waals surface area contributed by atoms with Gasteiger partial charge in [0.25, 0.3) is 5.91 Å². The second kappa shape index (κ2) is 7.33. The lowest BCUT2D eigenvalue weighted by molar-refractivity contribution is 0.0718. The summed E-state index contributed by atoms with van der Waals surface area (Å²) in [7, 11) is 0. The van der Waals surface area contributed by atoms with Crippen LogP contribution in [0.15, 0.2) is 12.1 Å². The molecule has 2 aliphatic rings. The number of Topliss-reactive ketones (excluding diaryl/α,β-unsaturated/α-hetero) is 1. The lowest BCUT2D eigenvalue weighted by Gasteiger charge is -2.27. The monoisotopic (exact) mass is 316 g/mol. The van der Waals surface area contributed by atoms with E-state index in [-0.39, 0.29) is 11.7 Å². The van der Waals surface area contributed by atoms with Gasteiger partial charge in [0.2, 0.25) is 0 Å². The zero-order valence-corrected chi connectivity index (χ0v) is 14.1. The van der Waals surface area contributed by atoms with E-state index in [2.05, 4.69) is 4.98 Å². The molecule has 1 atom stereocenters. The lowest BCUT2D eigenvalue weighted by atomic mass is 9.85. The minimum absolute atomic E-state index is 0.0284. The highest BCUT2D eigenvalue weighted by Gasteiger charge is 2.30. The Morgan fingerprint density at radius 2 is 1.78 bits per heavy atom. The Kier molecular flexibility index (Phi) is 5.19. The van der Waals surface area contributed by atoms with Crippen LogP contribution in [0.2, 0.25) is 0 Å². The van der Waals surface area contributed by atoms with Crippen molar-refractivity contribution in [2.75, 3.05) is 6.54 Å². The molecule has 1 unspecified atom stereocenters. The Balaban J connectivity index is 1.58. The number of hydrogen-bond acceptors (Lipinski definition) is 2. The normalized spacial score (nSPS) is 22.5. The Morgan fingerprint density at radius 1 is 1.04 bits per heavy atom. The fraction of sp³-hybridized carbons (Fsp3) is 0.684.